The molecule has 1 aromatic heterocycles. The number of β-lactam (4-membered cyclic amide) rings is 1. The minimum atomic E-state index is -1.77. The molecule has 0 aromatic carbocycles. The summed E-state index contributed by atoms with van der Waals surface area (Å²) in [5.41, 5.74) is 2.35. The number of aliphatic carboxylic acids is 2. The summed E-state index contributed by atoms with van der Waals surface area (Å²) < 4.78 is 0. The van der Waals surface area contributed by atoms with Crippen LogP contribution in [0.25, 0.3) is 0 Å². The van der Waals surface area contributed by atoms with Crippen molar-refractivity contribution in [3.63, 3.8) is 0 Å². The summed E-state index contributed by atoms with van der Waals surface area (Å²) in [5, 5.41) is 24.5. The molecule has 29 heavy (non-hydrogen) atoms. The number of amides is 2. The van der Waals surface area contributed by atoms with Crippen molar-refractivity contribution in [3.05, 3.63) is 11.1 Å². The third-order valence-electron chi connectivity index (χ3n) is 4.37. The molecule has 2 amide bonds. The fraction of sp³-hybridized carbons (Fsp3) is 0.467. The first kappa shape index (κ1) is 20.9. The number of thiazole rings is 1. The van der Waals surface area contributed by atoms with E-state index in [4.69, 9.17) is 15.7 Å². The minimum absolute atomic E-state index is 0.115. The van der Waals surface area contributed by atoms with E-state index in [-0.39, 0.29) is 23.2 Å². The van der Waals surface area contributed by atoms with Gasteiger partial charge in [-0.25, -0.2) is 9.78 Å². The Morgan fingerprint density at radius 3 is 2.69 bits per heavy atom. The summed E-state index contributed by atoms with van der Waals surface area (Å²) in [6.45, 7) is 2.48. The van der Waals surface area contributed by atoms with Crippen molar-refractivity contribution < 1.29 is 34.2 Å². The van der Waals surface area contributed by atoms with Crippen LogP contribution in [0, 0.1) is 0 Å². The van der Waals surface area contributed by atoms with Crippen molar-refractivity contribution in [1.29, 1.82) is 0 Å². The van der Waals surface area contributed by atoms with E-state index in [9.17, 15) is 24.3 Å². The average Bonchev–Trinajstić information content (AvgIpc) is 3.13. The van der Waals surface area contributed by atoms with Gasteiger partial charge in [0, 0.05) is 5.38 Å². The minimum Gasteiger partial charge on any atom is -0.480 e. The molecule has 2 aliphatic rings. The van der Waals surface area contributed by atoms with E-state index < -0.39 is 39.7 Å². The molecular formula is C15H17N5O7S2. The van der Waals surface area contributed by atoms with E-state index in [2.05, 4.69) is 15.5 Å². The lowest BCUT2D eigenvalue weighted by atomic mass is 9.95. The van der Waals surface area contributed by atoms with Gasteiger partial charge in [-0.1, -0.05) is 5.16 Å². The van der Waals surface area contributed by atoms with Gasteiger partial charge in [0.05, 0.1) is 11.8 Å². The molecule has 1 aromatic rings. The number of carbonyl (C=O) groups is 4. The first-order valence-electron chi connectivity index (χ1n) is 8.18. The second-order valence-corrected chi connectivity index (χ2v) is 8.92. The quantitative estimate of drug-likeness (QED) is 0.246. The number of oxime groups is 1. The second-order valence-electron chi connectivity index (χ2n) is 6.74. The molecule has 0 radical (unpaired) electrons. The first-order chi connectivity index (χ1) is 13.5. The number of nitrogens with zero attached hydrogens (tertiary/aromatic N) is 3. The Morgan fingerprint density at radius 1 is 1.48 bits per heavy atom. The van der Waals surface area contributed by atoms with Crippen molar-refractivity contribution in [3.8, 4) is 0 Å². The Morgan fingerprint density at radius 2 is 2.17 bits per heavy atom. The molecule has 156 valence electrons. The molecule has 2 saturated heterocycles. The molecule has 14 heteroatoms. The number of hydrogen-bond donors (Lipinski definition) is 4. The number of fused-ring (bicyclic) bond motifs is 1. The van der Waals surface area contributed by atoms with E-state index in [0.29, 0.717) is 6.21 Å². The number of nitrogens with one attached hydrogen (secondary N) is 1. The number of carboxylic acids is 2. The predicted octanol–water partition coefficient (Wildman–Crippen LogP) is -0.382. The van der Waals surface area contributed by atoms with Crippen LogP contribution in [0.1, 0.15) is 26.0 Å². The largest absolute Gasteiger partial charge is 0.480 e. The van der Waals surface area contributed by atoms with E-state index in [1.54, 1.807) is 0 Å². The highest BCUT2D eigenvalue weighted by Gasteiger charge is 2.66. The number of nitrogens with two attached hydrogens (primary N) is 1. The highest BCUT2D eigenvalue weighted by Crippen LogP contribution is 2.53. The Hall–Kier alpha value is -2.87. The Kier molecular flexibility index (Phi) is 5.17. The highest BCUT2D eigenvalue weighted by atomic mass is 32.2. The number of hydrogen-bond acceptors (Lipinski definition) is 10. The van der Waals surface area contributed by atoms with E-state index in [1.165, 1.54) is 24.1 Å². The Bertz CT molecular complexity index is 917. The monoisotopic (exact) mass is 443 g/mol. The summed E-state index contributed by atoms with van der Waals surface area (Å²) in [7, 11) is 0. The van der Waals surface area contributed by atoms with Crippen LogP contribution in [-0.4, -0.2) is 66.3 Å². The van der Waals surface area contributed by atoms with Crippen LogP contribution in [0.4, 0.5) is 5.13 Å². The number of nitrogen functional groups attached to an aromatic ring is 1. The molecule has 3 rings (SSSR count). The van der Waals surface area contributed by atoms with Crippen LogP contribution in [-0.2, 0) is 29.7 Å². The normalized spacial score (nSPS) is 26.1. The molecule has 3 atom stereocenters. The number of rotatable bonds is 7. The van der Waals surface area contributed by atoms with Gasteiger partial charge in [0.1, 0.15) is 11.9 Å². The summed E-state index contributed by atoms with van der Waals surface area (Å²) in [6.07, 6.45) is 0.805. The zero-order valence-corrected chi connectivity index (χ0v) is 16.8. The molecule has 5 N–H and O–H groups in total. The molecule has 3 unspecified atom stereocenters. The Labute approximate surface area is 172 Å². The van der Waals surface area contributed by atoms with Gasteiger partial charge in [0.2, 0.25) is 11.5 Å². The van der Waals surface area contributed by atoms with Gasteiger partial charge in [0.15, 0.2) is 16.0 Å². The van der Waals surface area contributed by atoms with Gasteiger partial charge in [0.25, 0.3) is 5.91 Å². The fourth-order valence-corrected chi connectivity index (χ4v) is 5.10. The maximum atomic E-state index is 12.5. The number of carbonyl (C=O) groups excluding carboxylic acids is 2. The number of thioether (sulfide) groups is 1. The molecule has 0 spiro atoms. The SMILES string of the molecule is CC(C)(O/N=C\C(=O)NC1(c2csc(N)n2)C(C(=O)O)SC2CC(=O)N21)C(=O)O. The molecule has 2 fully saturated rings. The van der Waals surface area contributed by atoms with Crippen molar-refractivity contribution in [2.75, 3.05) is 5.73 Å². The van der Waals surface area contributed by atoms with Crippen LogP contribution in [0.5, 0.6) is 0 Å². The number of anilines is 1. The summed E-state index contributed by atoms with van der Waals surface area (Å²) in [6, 6.07) is 0. The van der Waals surface area contributed by atoms with Crippen molar-refractivity contribution in [2.24, 2.45) is 5.16 Å². The van der Waals surface area contributed by atoms with Crippen molar-refractivity contribution in [2.45, 2.75) is 42.2 Å². The topological polar surface area (TPSA) is 185 Å². The van der Waals surface area contributed by atoms with Gasteiger partial charge in [-0.05, 0) is 13.8 Å². The molecule has 2 aliphatic heterocycles. The summed E-state index contributed by atoms with van der Waals surface area (Å²) in [4.78, 5) is 57.9. The number of aromatic nitrogens is 1. The van der Waals surface area contributed by atoms with Crippen molar-refractivity contribution in [1.82, 2.24) is 15.2 Å². The molecule has 0 saturated carbocycles. The number of carboxylic acid groups (broad SMARTS) is 2. The lowest BCUT2D eigenvalue weighted by molar-refractivity contribution is -0.161. The third kappa shape index (κ3) is 3.48. The van der Waals surface area contributed by atoms with Crippen LogP contribution in [0.15, 0.2) is 10.5 Å². The first-order valence-corrected chi connectivity index (χ1v) is 10.0. The molecule has 3 heterocycles. The predicted molar refractivity (Wildman–Crippen MR) is 102 cm³/mol. The lowest BCUT2D eigenvalue weighted by Gasteiger charge is -2.45. The van der Waals surface area contributed by atoms with E-state index in [0.717, 1.165) is 23.1 Å². The van der Waals surface area contributed by atoms with Crippen molar-refractivity contribution >= 4 is 58.2 Å². The van der Waals surface area contributed by atoms with Crippen LogP contribution in [0.2, 0.25) is 0 Å². The van der Waals surface area contributed by atoms with Crippen LogP contribution in [0.3, 0.4) is 0 Å². The molecule has 0 bridgehead atoms. The zero-order valence-electron chi connectivity index (χ0n) is 15.2. The fourth-order valence-electron chi connectivity index (χ4n) is 2.91. The van der Waals surface area contributed by atoms with Crippen LogP contribution < -0.4 is 11.1 Å². The average molecular weight is 443 g/mol. The molecular weight excluding hydrogens is 426 g/mol. The maximum Gasteiger partial charge on any atom is 0.350 e. The smallest absolute Gasteiger partial charge is 0.350 e. The molecule has 12 nitrogen and oxygen atoms in total. The lowest BCUT2D eigenvalue weighted by Crippen LogP contribution is -2.67. The second kappa shape index (κ2) is 7.18. The van der Waals surface area contributed by atoms with Gasteiger partial charge in [-0.15, -0.1) is 23.1 Å². The van der Waals surface area contributed by atoms with Gasteiger partial charge >= 0.3 is 11.9 Å². The van der Waals surface area contributed by atoms with Crippen LogP contribution >= 0.6 is 23.1 Å². The van der Waals surface area contributed by atoms with Gasteiger partial charge in [-0.2, -0.15) is 0 Å². The molecule has 0 aliphatic carbocycles. The summed E-state index contributed by atoms with van der Waals surface area (Å²) in [5.74, 6) is -3.79. The van der Waals surface area contributed by atoms with E-state index in [1.807, 2.05) is 0 Å². The Balaban J connectivity index is 1.93. The van der Waals surface area contributed by atoms with E-state index >= 15 is 0 Å². The van der Waals surface area contributed by atoms with Gasteiger partial charge in [-0.3, -0.25) is 19.3 Å². The zero-order chi connectivity index (χ0) is 21.6. The maximum absolute atomic E-state index is 12.5. The van der Waals surface area contributed by atoms with Gasteiger partial charge < -0.3 is 26.1 Å². The highest BCUT2D eigenvalue weighted by molar-refractivity contribution is 8.01. The third-order valence-corrected chi connectivity index (χ3v) is 6.56. The summed E-state index contributed by atoms with van der Waals surface area (Å²) >= 11 is 2.05. The standard InChI is InChI=1S/C15H17N5O7S2/c1-14(2,12(25)26)27-17-4-7(21)19-15(6-5-28-13(16)18-6)10(11(23)24)29-9-3-8(22)20(9)15/h4-5,9-10H,3H2,1-2H3,(H2,16,18)(H,19,21)(H,23,24)(H,25,26)/b17-4-.